The fourth-order valence-corrected chi connectivity index (χ4v) is 4.13. The van der Waals surface area contributed by atoms with Gasteiger partial charge in [-0.15, -0.1) is 0 Å². The summed E-state index contributed by atoms with van der Waals surface area (Å²) in [5.41, 5.74) is 1.34. The largest absolute Gasteiger partial charge is 0.369 e. The SMILES string of the molecule is CC(Cn1cccn1)NC(=O)c1ccccc1N1CCS(=O)(=O)CC1. The van der Waals surface area contributed by atoms with Crippen molar-refractivity contribution in [1.29, 1.82) is 0 Å². The summed E-state index contributed by atoms with van der Waals surface area (Å²) >= 11 is 0. The van der Waals surface area contributed by atoms with Crippen LogP contribution in [0.3, 0.4) is 0 Å². The van der Waals surface area contributed by atoms with Crippen molar-refractivity contribution >= 4 is 21.4 Å². The second-order valence-corrected chi connectivity index (χ2v) is 8.56. The van der Waals surface area contributed by atoms with Crippen LogP contribution in [0.25, 0.3) is 0 Å². The van der Waals surface area contributed by atoms with E-state index in [2.05, 4.69) is 10.4 Å². The predicted molar refractivity (Wildman–Crippen MR) is 96.5 cm³/mol. The molecular weight excluding hydrogens is 340 g/mol. The Hall–Kier alpha value is -2.35. The lowest BCUT2D eigenvalue weighted by atomic mass is 10.1. The highest BCUT2D eigenvalue weighted by atomic mass is 32.2. The van der Waals surface area contributed by atoms with Crippen LogP contribution >= 0.6 is 0 Å². The number of carbonyl (C=O) groups excluding carboxylic acids is 1. The fourth-order valence-electron chi connectivity index (χ4n) is 2.93. The number of hydrogen-bond acceptors (Lipinski definition) is 5. The minimum absolute atomic E-state index is 0.0813. The Morgan fingerprint density at radius 2 is 1.96 bits per heavy atom. The van der Waals surface area contributed by atoms with Crippen LogP contribution < -0.4 is 10.2 Å². The molecule has 25 heavy (non-hydrogen) atoms. The topological polar surface area (TPSA) is 84.3 Å². The molecule has 1 unspecified atom stereocenters. The van der Waals surface area contributed by atoms with Crippen LogP contribution in [0.5, 0.6) is 0 Å². The Morgan fingerprint density at radius 1 is 1.24 bits per heavy atom. The van der Waals surface area contributed by atoms with Crippen molar-refractivity contribution in [3.8, 4) is 0 Å². The molecule has 1 fully saturated rings. The molecule has 3 rings (SSSR count). The summed E-state index contributed by atoms with van der Waals surface area (Å²) in [6.07, 6.45) is 3.55. The number of amides is 1. The van der Waals surface area contributed by atoms with Crippen molar-refractivity contribution in [1.82, 2.24) is 15.1 Å². The molecule has 0 radical (unpaired) electrons. The lowest BCUT2D eigenvalue weighted by molar-refractivity contribution is 0.0936. The summed E-state index contributed by atoms with van der Waals surface area (Å²) in [4.78, 5) is 14.7. The molecule has 1 N–H and O–H groups in total. The molecule has 1 aliphatic rings. The van der Waals surface area contributed by atoms with Crippen LogP contribution in [0.1, 0.15) is 17.3 Å². The monoisotopic (exact) mass is 362 g/mol. The third-order valence-corrected chi connectivity index (χ3v) is 5.84. The number of para-hydroxylation sites is 1. The Morgan fingerprint density at radius 3 is 2.64 bits per heavy atom. The van der Waals surface area contributed by atoms with Crippen molar-refractivity contribution in [2.45, 2.75) is 19.5 Å². The highest BCUT2D eigenvalue weighted by molar-refractivity contribution is 7.91. The van der Waals surface area contributed by atoms with Crippen LogP contribution in [-0.4, -0.2) is 54.7 Å². The van der Waals surface area contributed by atoms with Gasteiger partial charge in [0.25, 0.3) is 5.91 Å². The lowest BCUT2D eigenvalue weighted by Gasteiger charge is -2.30. The first-order valence-electron chi connectivity index (χ1n) is 8.27. The molecule has 2 heterocycles. The molecule has 1 amide bonds. The molecule has 2 aromatic rings. The summed E-state index contributed by atoms with van der Waals surface area (Å²) < 4.78 is 25.0. The third-order valence-electron chi connectivity index (χ3n) is 4.23. The van der Waals surface area contributed by atoms with E-state index in [0.717, 1.165) is 5.69 Å². The Kier molecular flexibility index (Phi) is 5.08. The van der Waals surface area contributed by atoms with Gasteiger partial charge in [-0.3, -0.25) is 9.48 Å². The van der Waals surface area contributed by atoms with Crippen molar-refractivity contribution in [2.24, 2.45) is 0 Å². The summed E-state index contributed by atoms with van der Waals surface area (Å²) in [6, 6.07) is 9.08. The molecule has 1 aromatic carbocycles. The van der Waals surface area contributed by atoms with Crippen molar-refractivity contribution in [2.75, 3.05) is 29.5 Å². The minimum atomic E-state index is -2.96. The molecule has 1 aliphatic heterocycles. The van der Waals surface area contributed by atoms with Gasteiger partial charge in [-0.25, -0.2) is 8.42 Å². The molecule has 134 valence electrons. The lowest BCUT2D eigenvalue weighted by Crippen LogP contribution is -2.42. The van der Waals surface area contributed by atoms with Gasteiger partial charge in [0.1, 0.15) is 0 Å². The minimum Gasteiger partial charge on any atom is -0.369 e. The zero-order chi connectivity index (χ0) is 17.9. The van der Waals surface area contributed by atoms with E-state index in [4.69, 9.17) is 0 Å². The maximum Gasteiger partial charge on any atom is 0.253 e. The molecule has 0 spiro atoms. The number of sulfone groups is 1. The average molecular weight is 362 g/mol. The number of carbonyl (C=O) groups is 1. The van der Waals surface area contributed by atoms with Gasteiger partial charge in [0.15, 0.2) is 9.84 Å². The van der Waals surface area contributed by atoms with Gasteiger partial charge in [-0.1, -0.05) is 12.1 Å². The Bertz CT molecular complexity index is 819. The number of nitrogens with one attached hydrogen (secondary N) is 1. The van der Waals surface area contributed by atoms with Gasteiger partial charge in [0.2, 0.25) is 0 Å². The van der Waals surface area contributed by atoms with Crippen LogP contribution in [0.2, 0.25) is 0 Å². The van der Waals surface area contributed by atoms with Crippen molar-refractivity contribution in [3.05, 3.63) is 48.3 Å². The molecular formula is C17H22N4O3S. The standard InChI is InChI=1S/C17H22N4O3S/c1-14(13-21-8-4-7-18-21)19-17(22)15-5-2-3-6-16(15)20-9-11-25(23,24)12-10-20/h2-8,14H,9-13H2,1H3,(H,19,22). The first kappa shape index (κ1) is 17.5. The van der Waals surface area contributed by atoms with Gasteiger partial charge in [-0.2, -0.15) is 5.10 Å². The van der Waals surface area contributed by atoms with Crippen LogP contribution in [-0.2, 0) is 16.4 Å². The zero-order valence-electron chi connectivity index (χ0n) is 14.1. The second-order valence-electron chi connectivity index (χ2n) is 6.26. The highest BCUT2D eigenvalue weighted by Gasteiger charge is 2.25. The molecule has 1 atom stereocenters. The maximum atomic E-state index is 12.7. The molecule has 0 aliphatic carbocycles. The number of benzene rings is 1. The van der Waals surface area contributed by atoms with Crippen LogP contribution in [0.4, 0.5) is 5.69 Å². The molecule has 0 saturated carbocycles. The number of hydrogen-bond donors (Lipinski definition) is 1. The number of rotatable bonds is 5. The molecule has 0 bridgehead atoms. The first-order chi connectivity index (χ1) is 11.9. The van der Waals surface area contributed by atoms with Crippen molar-refractivity contribution in [3.63, 3.8) is 0 Å². The zero-order valence-corrected chi connectivity index (χ0v) is 14.9. The van der Waals surface area contributed by atoms with Gasteiger partial charge < -0.3 is 10.2 Å². The Labute approximate surface area is 147 Å². The van der Waals surface area contributed by atoms with Gasteiger partial charge in [-0.05, 0) is 25.1 Å². The molecule has 7 nitrogen and oxygen atoms in total. The van der Waals surface area contributed by atoms with Gasteiger partial charge in [0.05, 0.1) is 23.6 Å². The van der Waals surface area contributed by atoms with E-state index < -0.39 is 9.84 Å². The summed E-state index contributed by atoms with van der Waals surface area (Å²) in [7, 11) is -2.96. The van der Waals surface area contributed by atoms with Crippen LogP contribution in [0.15, 0.2) is 42.7 Å². The highest BCUT2D eigenvalue weighted by Crippen LogP contribution is 2.22. The quantitative estimate of drug-likeness (QED) is 0.856. The number of aromatic nitrogens is 2. The maximum absolute atomic E-state index is 12.7. The Balaban J connectivity index is 1.70. The molecule has 8 heteroatoms. The summed E-state index contributed by atoms with van der Waals surface area (Å²) in [6.45, 7) is 3.34. The van der Waals surface area contributed by atoms with E-state index >= 15 is 0 Å². The normalized spacial score (nSPS) is 17.9. The summed E-state index contributed by atoms with van der Waals surface area (Å²) in [5, 5.41) is 7.13. The first-order valence-corrected chi connectivity index (χ1v) is 10.1. The summed E-state index contributed by atoms with van der Waals surface area (Å²) in [5.74, 6) is 0.0841. The molecule has 1 aromatic heterocycles. The predicted octanol–water partition coefficient (Wildman–Crippen LogP) is 0.936. The number of nitrogens with zero attached hydrogens (tertiary/aromatic N) is 3. The van der Waals surface area contributed by atoms with E-state index in [1.807, 2.05) is 42.3 Å². The van der Waals surface area contributed by atoms with Crippen molar-refractivity contribution < 1.29 is 13.2 Å². The second kappa shape index (κ2) is 7.26. The van der Waals surface area contributed by atoms with E-state index in [9.17, 15) is 13.2 Å². The van der Waals surface area contributed by atoms with Gasteiger partial charge in [0, 0.05) is 37.2 Å². The van der Waals surface area contributed by atoms with Crippen LogP contribution in [0, 0.1) is 0 Å². The van der Waals surface area contributed by atoms with E-state index in [-0.39, 0.29) is 23.5 Å². The average Bonchev–Trinajstić information content (AvgIpc) is 3.07. The van der Waals surface area contributed by atoms with Gasteiger partial charge >= 0.3 is 0 Å². The van der Waals surface area contributed by atoms with E-state index in [1.165, 1.54) is 0 Å². The molecule has 1 saturated heterocycles. The van der Waals surface area contributed by atoms with E-state index in [0.29, 0.717) is 25.2 Å². The van der Waals surface area contributed by atoms with E-state index in [1.54, 1.807) is 16.9 Å². The fraction of sp³-hybridized carbons (Fsp3) is 0.412. The third kappa shape index (κ3) is 4.39. The smallest absolute Gasteiger partial charge is 0.253 e. The number of anilines is 1.